The van der Waals surface area contributed by atoms with Crippen molar-refractivity contribution < 1.29 is 9.53 Å². The fraction of sp³-hybridized carbons (Fsp3) is 0.643. The van der Waals surface area contributed by atoms with Crippen LogP contribution in [0.2, 0.25) is 0 Å². The van der Waals surface area contributed by atoms with Crippen LogP contribution in [0, 0.1) is 5.92 Å². The van der Waals surface area contributed by atoms with Gasteiger partial charge in [0.25, 0.3) is 0 Å². The summed E-state index contributed by atoms with van der Waals surface area (Å²) in [6, 6.07) is 0. The molecule has 4 heteroatoms. The van der Waals surface area contributed by atoms with Gasteiger partial charge < -0.3 is 4.74 Å². The summed E-state index contributed by atoms with van der Waals surface area (Å²) in [5.74, 6) is 0.992. The van der Waals surface area contributed by atoms with Crippen LogP contribution in [0.4, 0.5) is 0 Å². The predicted molar refractivity (Wildman–Crippen MR) is 70.5 cm³/mol. The Balaban J connectivity index is 2.99. The van der Waals surface area contributed by atoms with E-state index in [1.54, 1.807) is 13.1 Å². The number of rotatable bonds is 6. The molecule has 0 saturated heterocycles. The normalized spacial score (nSPS) is 10.7. The third kappa shape index (κ3) is 4.09. The van der Waals surface area contributed by atoms with Crippen LogP contribution in [0.1, 0.15) is 56.0 Å². The number of nitrogens with zero attached hydrogens (tertiary/aromatic N) is 2. The fourth-order valence-corrected chi connectivity index (χ4v) is 1.73. The van der Waals surface area contributed by atoms with Crippen molar-refractivity contribution in [3.8, 4) is 0 Å². The molecule has 1 aromatic rings. The summed E-state index contributed by atoms with van der Waals surface area (Å²) in [7, 11) is 0. The lowest BCUT2D eigenvalue weighted by molar-refractivity contribution is 0.0524. The molecule has 4 nitrogen and oxygen atoms in total. The molecule has 0 radical (unpaired) electrons. The maximum atomic E-state index is 11.8. The van der Waals surface area contributed by atoms with Crippen LogP contribution in [-0.2, 0) is 17.6 Å². The van der Waals surface area contributed by atoms with Crippen LogP contribution in [0.3, 0.4) is 0 Å². The van der Waals surface area contributed by atoms with Crippen LogP contribution < -0.4 is 0 Å². The van der Waals surface area contributed by atoms with E-state index in [-0.39, 0.29) is 5.97 Å². The summed E-state index contributed by atoms with van der Waals surface area (Å²) in [5.41, 5.74) is 1.31. The largest absolute Gasteiger partial charge is 0.462 e. The molecule has 0 aliphatic heterocycles. The van der Waals surface area contributed by atoms with Crippen molar-refractivity contribution in [3.05, 3.63) is 23.3 Å². The van der Waals surface area contributed by atoms with Gasteiger partial charge in [-0.15, -0.1) is 0 Å². The van der Waals surface area contributed by atoms with E-state index in [1.165, 1.54) is 0 Å². The molecule has 0 amide bonds. The summed E-state index contributed by atoms with van der Waals surface area (Å²) >= 11 is 0. The van der Waals surface area contributed by atoms with Gasteiger partial charge in [-0.25, -0.2) is 14.8 Å². The van der Waals surface area contributed by atoms with E-state index in [1.807, 2.05) is 0 Å². The van der Waals surface area contributed by atoms with Gasteiger partial charge in [-0.1, -0.05) is 27.2 Å². The van der Waals surface area contributed by atoms with Crippen molar-refractivity contribution in [1.29, 1.82) is 0 Å². The Hall–Kier alpha value is -1.45. The van der Waals surface area contributed by atoms with Gasteiger partial charge in [0.2, 0.25) is 0 Å². The van der Waals surface area contributed by atoms with Crippen molar-refractivity contribution in [1.82, 2.24) is 9.97 Å². The molecule has 1 aromatic heterocycles. The summed E-state index contributed by atoms with van der Waals surface area (Å²) in [6.07, 6.45) is 4.17. The molecule has 0 fully saturated rings. The molecule has 0 aliphatic rings. The Labute approximate surface area is 109 Å². The summed E-state index contributed by atoms with van der Waals surface area (Å²) in [4.78, 5) is 20.5. The summed E-state index contributed by atoms with van der Waals surface area (Å²) in [5, 5.41) is 0. The van der Waals surface area contributed by atoms with Crippen molar-refractivity contribution >= 4 is 5.97 Å². The lowest BCUT2D eigenvalue weighted by atomic mass is 10.1. The monoisotopic (exact) mass is 250 g/mol. The zero-order valence-corrected chi connectivity index (χ0v) is 11.7. The standard InChI is InChI=1S/C14H22N2O2/c1-5-7-12-11(14(17)18-6-2)9-15-13(16-12)8-10(3)4/h9-10H,5-8H2,1-4H3. The molecule has 18 heavy (non-hydrogen) atoms. The van der Waals surface area contributed by atoms with Crippen molar-refractivity contribution in [3.63, 3.8) is 0 Å². The van der Waals surface area contributed by atoms with E-state index in [2.05, 4.69) is 30.7 Å². The maximum Gasteiger partial charge on any atom is 0.341 e. The van der Waals surface area contributed by atoms with E-state index >= 15 is 0 Å². The molecule has 0 atom stereocenters. The van der Waals surface area contributed by atoms with Gasteiger partial charge in [-0.05, 0) is 19.3 Å². The number of carbonyl (C=O) groups excluding carboxylic acids is 1. The minimum absolute atomic E-state index is 0.322. The first-order valence-corrected chi connectivity index (χ1v) is 6.60. The highest BCUT2D eigenvalue weighted by Gasteiger charge is 2.15. The molecule has 1 heterocycles. The molecule has 1 rings (SSSR count). The van der Waals surface area contributed by atoms with E-state index < -0.39 is 0 Å². The first kappa shape index (κ1) is 14.6. The Kier molecular flexibility index (Phi) is 5.75. The number of aromatic nitrogens is 2. The molecule has 0 saturated carbocycles. The third-order valence-corrected chi connectivity index (χ3v) is 2.49. The van der Waals surface area contributed by atoms with Crippen molar-refractivity contribution in [2.75, 3.05) is 6.61 Å². The highest BCUT2D eigenvalue weighted by atomic mass is 16.5. The van der Waals surface area contributed by atoms with Gasteiger partial charge in [-0.3, -0.25) is 0 Å². The summed E-state index contributed by atoms with van der Waals surface area (Å²) < 4.78 is 5.02. The molecule has 0 spiro atoms. The molecular formula is C14H22N2O2. The lowest BCUT2D eigenvalue weighted by Gasteiger charge is -2.10. The quantitative estimate of drug-likeness (QED) is 0.728. The minimum Gasteiger partial charge on any atom is -0.462 e. The van der Waals surface area contributed by atoms with Gasteiger partial charge in [-0.2, -0.15) is 0 Å². The topological polar surface area (TPSA) is 52.1 Å². The SMILES string of the molecule is CCCc1nc(CC(C)C)ncc1C(=O)OCC. The van der Waals surface area contributed by atoms with E-state index in [9.17, 15) is 4.79 Å². The first-order chi connectivity index (χ1) is 8.58. The first-order valence-electron chi connectivity index (χ1n) is 6.60. The van der Waals surface area contributed by atoms with Gasteiger partial charge in [0.05, 0.1) is 17.9 Å². The molecule has 0 aliphatic carbocycles. The fourth-order valence-electron chi connectivity index (χ4n) is 1.73. The Morgan fingerprint density at radius 1 is 1.39 bits per heavy atom. The highest BCUT2D eigenvalue weighted by Crippen LogP contribution is 2.12. The second kappa shape index (κ2) is 7.09. The third-order valence-electron chi connectivity index (χ3n) is 2.49. The van der Waals surface area contributed by atoms with Crippen molar-refractivity contribution in [2.45, 2.75) is 47.0 Å². The van der Waals surface area contributed by atoms with Crippen LogP contribution >= 0.6 is 0 Å². The van der Waals surface area contributed by atoms with Gasteiger partial charge in [0.1, 0.15) is 5.82 Å². The number of hydrogen-bond donors (Lipinski definition) is 0. The van der Waals surface area contributed by atoms with Gasteiger partial charge in [0.15, 0.2) is 0 Å². The smallest absolute Gasteiger partial charge is 0.341 e. The maximum absolute atomic E-state index is 11.8. The Bertz CT molecular complexity index is 403. The van der Waals surface area contributed by atoms with Crippen molar-refractivity contribution in [2.24, 2.45) is 5.92 Å². The van der Waals surface area contributed by atoms with E-state index in [0.29, 0.717) is 18.1 Å². The molecule has 0 aromatic carbocycles. The Morgan fingerprint density at radius 3 is 2.67 bits per heavy atom. The second-order valence-electron chi connectivity index (χ2n) is 4.72. The zero-order chi connectivity index (χ0) is 13.5. The molecule has 100 valence electrons. The molecule has 0 N–H and O–H groups in total. The Morgan fingerprint density at radius 2 is 2.11 bits per heavy atom. The molecule has 0 bridgehead atoms. The number of aryl methyl sites for hydroxylation is 1. The van der Waals surface area contributed by atoms with E-state index in [0.717, 1.165) is 30.8 Å². The number of ether oxygens (including phenoxy) is 1. The van der Waals surface area contributed by atoms with Crippen LogP contribution in [-0.4, -0.2) is 22.5 Å². The zero-order valence-electron chi connectivity index (χ0n) is 11.7. The predicted octanol–water partition coefficient (Wildman–Crippen LogP) is 2.80. The highest BCUT2D eigenvalue weighted by molar-refractivity contribution is 5.90. The number of hydrogen-bond acceptors (Lipinski definition) is 4. The van der Waals surface area contributed by atoms with Gasteiger partial charge in [0, 0.05) is 12.6 Å². The number of carbonyl (C=O) groups is 1. The van der Waals surface area contributed by atoms with Gasteiger partial charge >= 0.3 is 5.97 Å². The summed E-state index contributed by atoms with van der Waals surface area (Å²) in [6.45, 7) is 8.49. The average Bonchev–Trinajstić information content (AvgIpc) is 2.29. The minimum atomic E-state index is -0.322. The molecule has 0 unspecified atom stereocenters. The molecular weight excluding hydrogens is 228 g/mol. The van der Waals surface area contributed by atoms with E-state index in [4.69, 9.17) is 4.74 Å². The average molecular weight is 250 g/mol. The lowest BCUT2D eigenvalue weighted by Crippen LogP contribution is -2.13. The van der Waals surface area contributed by atoms with Crippen LogP contribution in [0.25, 0.3) is 0 Å². The second-order valence-corrected chi connectivity index (χ2v) is 4.72. The van der Waals surface area contributed by atoms with Crippen LogP contribution in [0.5, 0.6) is 0 Å². The number of esters is 1. The van der Waals surface area contributed by atoms with Crippen LogP contribution in [0.15, 0.2) is 6.20 Å².